The molecule has 138 valence electrons. The number of ether oxygens (including phenoxy) is 1. The molecule has 27 heavy (non-hydrogen) atoms. The smallest absolute Gasteiger partial charge is 0.338 e. The highest BCUT2D eigenvalue weighted by molar-refractivity contribution is 9.10. The van der Waals surface area contributed by atoms with Crippen molar-refractivity contribution in [3.8, 4) is 0 Å². The summed E-state index contributed by atoms with van der Waals surface area (Å²) in [6.45, 7) is 2.10. The van der Waals surface area contributed by atoms with Gasteiger partial charge in [0.1, 0.15) is 17.8 Å². The molecule has 0 aliphatic rings. The summed E-state index contributed by atoms with van der Waals surface area (Å²) in [4.78, 5) is 24.3. The van der Waals surface area contributed by atoms with Gasteiger partial charge in [0.05, 0.1) is 12.2 Å². The quantitative estimate of drug-likeness (QED) is 0.506. The van der Waals surface area contributed by atoms with Gasteiger partial charge in [-0.2, -0.15) is 0 Å². The van der Waals surface area contributed by atoms with Crippen LogP contribution in [0, 0.1) is 0 Å². The van der Waals surface area contributed by atoms with E-state index in [0.717, 1.165) is 10.2 Å². The molecule has 0 saturated carbocycles. The van der Waals surface area contributed by atoms with E-state index in [1.165, 1.54) is 6.33 Å². The van der Waals surface area contributed by atoms with E-state index in [0.29, 0.717) is 35.3 Å². The van der Waals surface area contributed by atoms with Crippen LogP contribution in [-0.2, 0) is 4.74 Å². The van der Waals surface area contributed by atoms with Gasteiger partial charge in [0.15, 0.2) is 11.6 Å². The van der Waals surface area contributed by atoms with E-state index in [1.54, 1.807) is 43.5 Å². The summed E-state index contributed by atoms with van der Waals surface area (Å²) in [5, 5.41) is 6.16. The fourth-order valence-corrected chi connectivity index (χ4v) is 2.44. The molecule has 0 atom stereocenters. The molecular formula is C18H17BrN6O2. The van der Waals surface area contributed by atoms with Crippen molar-refractivity contribution in [2.45, 2.75) is 6.92 Å². The van der Waals surface area contributed by atoms with Crippen LogP contribution in [0.15, 0.2) is 53.4 Å². The number of nitrogens with zero attached hydrogens (tertiary/aromatic N) is 3. The number of halogens is 1. The molecule has 3 rings (SSSR count). The molecule has 9 heteroatoms. The van der Waals surface area contributed by atoms with Gasteiger partial charge in [-0.25, -0.2) is 19.7 Å². The lowest BCUT2D eigenvalue weighted by molar-refractivity contribution is 0.0526. The van der Waals surface area contributed by atoms with Crippen molar-refractivity contribution in [2.24, 2.45) is 0 Å². The number of pyridine rings is 1. The number of nitrogens with two attached hydrogens (primary N) is 1. The molecule has 0 saturated heterocycles. The van der Waals surface area contributed by atoms with Gasteiger partial charge in [0.2, 0.25) is 0 Å². The summed E-state index contributed by atoms with van der Waals surface area (Å²) in [6.07, 6.45) is 3.07. The minimum absolute atomic E-state index is 0.333. The Morgan fingerprint density at radius 3 is 2.41 bits per heavy atom. The van der Waals surface area contributed by atoms with Crippen molar-refractivity contribution in [3.63, 3.8) is 0 Å². The van der Waals surface area contributed by atoms with Gasteiger partial charge in [-0.05, 0) is 59.3 Å². The van der Waals surface area contributed by atoms with Crippen LogP contribution >= 0.6 is 15.9 Å². The first-order valence-corrected chi connectivity index (χ1v) is 8.89. The first-order valence-electron chi connectivity index (χ1n) is 8.10. The molecular weight excluding hydrogens is 412 g/mol. The fraction of sp³-hybridized carbons (Fsp3) is 0.111. The van der Waals surface area contributed by atoms with E-state index in [-0.39, 0.29) is 5.97 Å². The number of nitrogens with one attached hydrogen (secondary N) is 2. The molecule has 0 fully saturated rings. The fourth-order valence-electron chi connectivity index (χ4n) is 2.21. The molecule has 0 spiro atoms. The number of aromatic nitrogens is 3. The molecule has 1 aromatic carbocycles. The molecule has 0 amide bonds. The highest BCUT2D eigenvalue weighted by Crippen LogP contribution is 2.28. The number of benzene rings is 1. The van der Waals surface area contributed by atoms with E-state index < -0.39 is 0 Å². The normalized spacial score (nSPS) is 10.3. The first-order chi connectivity index (χ1) is 13.1. The van der Waals surface area contributed by atoms with Crippen LogP contribution in [0.1, 0.15) is 17.3 Å². The summed E-state index contributed by atoms with van der Waals surface area (Å²) in [5.74, 6) is 1.12. The Balaban J connectivity index is 1.75. The third-order valence-corrected chi connectivity index (χ3v) is 3.99. The number of esters is 1. The number of hydrogen-bond acceptors (Lipinski definition) is 8. The van der Waals surface area contributed by atoms with Crippen molar-refractivity contribution in [1.82, 2.24) is 15.0 Å². The Labute approximate surface area is 164 Å². The Hall–Kier alpha value is -3.20. The number of carbonyl (C=O) groups excluding carboxylic acids is 1. The van der Waals surface area contributed by atoms with Crippen molar-refractivity contribution in [3.05, 3.63) is 59.0 Å². The lowest BCUT2D eigenvalue weighted by atomic mass is 10.2. The van der Waals surface area contributed by atoms with Gasteiger partial charge >= 0.3 is 5.97 Å². The maximum atomic E-state index is 11.7. The average Bonchev–Trinajstić information content (AvgIpc) is 2.67. The monoisotopic (exact) mass is 428 g/mol. The van der Waals surface area contributed by atoms with Gasteiger partial charge in [-0.1, -0.05) is 0 Å². The number of nitrogen functional groups attached to an aromatic ring is 1. The third kappa shape index (κ3) is 4.70. The van der Waals surface area contributed by atoms with Crippen LogP contribution in [0.3, 0.4) is 0 Å². The minimum atomic E-state index is -0.362. The molecule has 0 radical (unpaired) electrons. The topological polar surface area (TPSA) is 115 Å². The molecule has 2 aromatic heterocycles. The van der Waals surface area contributed by atoms with Crippen molar-refractivity contribution in [1.29, 1.82) is 0 Å². The Bertz CT molecular complexity index is 932. The van der Waals surface area contributed by atoms with Crippen LogP contribution in [0.5, 0.6) is 0 Å². The molecule has 8 nitrogen and oxygen atoms in total. The van der Waals surface area contributed by atoms with Crippen LogP contribution in [0.25, 0.3) is 0 Å². The van der Waals surface area contributed by atoms with Gasteiger partial charge < -0.3 is 21.1 Å². The molecule has 0 unspecified atom stereocenters. The van der Waals surface area contributed by atoms with Gasteiger partial charge in [0.25, 0.3) is 0 Å². The number of carbonyl (C=O) groups is 1. The number of rotatable bonds is 6. The zero-order chi connectivity index (χ0) is 19.2. The van der Waals surface area contributed by atoms with Crippen molar-refractivity contribution >= 4 is 50.7 Å². The Morgan fingerprint density at radius 1 is 1.07 bits per heavy atom. The predicted molar refractivity (Wildman–Crippen MR) is 107 cm³/mol. The lowest BCUT2D eigenvalue weighted by Gasteiger charge is -2.12. The Morgan fingerprint density at radius 2 is 1.78 bits per heavy atom. The minimum Gasteiger partial charge on any atom is -0.462 e. The van der Waals surface area contributed by atoms with E-state index in [9.17, 15) is 4.79 Å². The molecule has 0 bridgehead atoms. The van der Waals surface area contributed by atoms with E-state index in [1.807, 2.05) is 6.07 Å². The summed E-state index contributed by atoms with van der Waals surface area (Å²) in [5.41, 5.74) is 7.71. The zero-order valence-electron chi connectivity index (χ0n) is 14.4. The second-order valence-electron chi connectivity index (χ2n) is 5.39. The maximum absolute atomic E-state index is 11.7. The van der Waals surface area contributed by atoms with Crippen molar-refractivity contribution < 1.29 is 9.53 Å². The van der Waals surface area contributed by atoms with Gasteiger partial charge in [0, 0.05) is 16.4 Å². The third-order valence-electron chi connectivity index (χ3n) is 3.52. The zero-order valence-corrected chi connectivity index (χ0v) is 16.0. The van der Waals surface area contributed by atoms with Crippen molar-refractivity contribution in [2.75, 3.05) is 23.0 Å². The summed E-state index contributed by atoms with van der Waals surface area (Å²) in [7, 11) is 0. The Kier molecular flexibility index (Phi) is 5.82. The van der Waals surface area contributed by atoms with E-state index in [4.69, 9.17) is 10.5 Å². The highest BCUT2D eigenvalue weighted by Gasteiger charge is 2.10. The molecule has 0 aliphatic heterocycles. The lowest BCUT2D eigenvalue weighted by Crippen LogP contribution is -2.06. The molecule has 4 N–H and O–H groups in total. The molecule has 2 heterocycles. The summed E-state index contributed by atoms with van der Waals surface area (Å²) < 4.78 is 5.84. The summed E-state index contributed by atoms with van der Waals surface area (Å²) >= 11 is 3.34. The number of anilines is 5. The highest BCUT2D eigenvalue weighted by atomic mass is 79.9. The standard InChI is InChI=1S/C18H17BrN6O2/c1-2-27-18(26)11-3-6-13(7-4-11)24-16-15(20)17(23-10-22-16)25-14-8-5-12(19)9-21-14/h3-10H,2,20H2,1H3,(H2,21,22,23,24,25). The second kappa shape index (κ2) is 8.45. The van der Waals surface area contributed by atoms with Crippen LogP contribution in [0.4, 0.5) is 28.8 Å². The van der Waals surface area contributed by atoms with Crippen LogP contribution < -0.4 is 16.4 Å². The number of hydrogen-bond donors (Lipinski definition) is 3. The molecule has 0 aliphatic carbocycles. The largest absolute Gasteiger partial charge is 0.462 e. The SMILES string of the molecule is CCOC(=O)c1ccc(Nc2ncnc(Nc3ccc(Br)cn3)c2N)cc1. The predicted octanol–water partition coefficient (Wildman–Crippen LogP) is 3.88. The first kappa shape index (κ1) is 18.6. The van der Waals surface area contributed by atoms with Crippen LogP contribution in [-0.4, -0.2) is 27.5 Å². The van der Waals surface area contributed by atoms with E-state index >= 15 is 0 Å². The van der Waals surface area contributed by atoms with Gasteiger partial charge in [-0.15, -0.1) is 0 Å². The van der Waals surface area contributed by atoms with Crippen LogP contribution in [0.2, 0.25) is 0 Å². The average molecular weight is 429 g/mol. The van der Waals surface area contributed by atoms with E-state index in [2.05, 4.69) is 41.5 Å². The van der Waals surface area contributed by atoms with Gasteiger partial charge in [-0.3, -0.25) is 0 Å². The maximum Gasteiger partial charge on any atom is 0.338 e. The second-order valence-corrected chi connectivity index (χ2v) is 6.31. The molecule has 3 aromatic rings. The summed E-state index contributed by atoms with van der Waals surface area (Å²) in [6, 6.07) is 10.5.